The molecule has 118 valence electrons. The molecule has 0 unspecified atom stereocenters. The lowest BCUT2D eigenvalue weighted by atomic mass is 10.1. The summed E-state index contributed by atoms with van der Waals surface area (Å²) in [5, 5.41) is 9.64. The van der Waals surface area contributed by atoms with E-state index in [9.17, 15) is 14.7 Å². The Morgan fingerprint density at radius 2 is 1.87 bits per heavy atom. The van der Waals surface area contributed by atoms with Crippen molar-refractivity contribution in [3.8, 4) is 0 Å². The number of hydrogen-bond donors (Lipinski definition) is 1. The molecule has 2 heterocycles. The van der Waals surface area contributed by atoms with Crippen LogP contribution in [0.1, 0.15) is 32.2 Å². The van der Waals surface area contributed by atoms with E-state index in [1.165, 1.54) is 0 Å². The SMILES string of the molecule is Cc1ccc(Cn2c(C)nc3sc(C(=O)O)c(C)c3c2=O)cc1. The highest BCUT2D eigenvalue weighted by molar-refractivity contribution is 7.20. The third kappa shape index (κ3) is 2.66. The zero-order valence-electron chi connectivity index (χ0n) is 13.1. The summed E-state index contributed by atoms with van der Waals surface area (Å²) >= 11 is 1.05. The van der Waals surface area contributed by atoms with Gasteiger partial charge in [-0.25, -0.2) is 9.78 Å². The molecule has 0 spiro atoms. The summed E-state index contributed by atoms with van der Waals surface area (Å²) in [5.41, 5.74) is 2.47. The van der Waals surface area contributed by atoms with E-state index in [0.29, 0.717) is 28.1 Å². The fourth-order valence-corrected chi connectivity index (χ4v) is 3.64. The molecule has 0 bridgehead atoms. The maximum absolute atomic E-state index is 12.8. The predicted molar refractivity (Wildman–Crippen MR) is 90.6 cm³/mol. The summed E-state index contributed by atoms with van der Waals surface area (Å²) in [6.45, 7) is 5.87. The highest BCUT2D eigenvalue weighted by atomic mass is 32.1. The minimum Gasteiger partial charge on any atom is -0.477 e. The molecule has 0 amide bonds. The molecule has 0 aliphatic rings. The largest absolute Gasteiger partial charge is 0.477 e. The first-order valence-corrected chi connectivity index (χ1v) is 7.99. The van der Waals surface area contributed by atoms with Crippen molar-refractivity contribution in [1.29, 1.82) is 0 Å². The van der Waals surface area contributed by atoms with Gasteiger partial charge in [0.2, 0.25) is 0 Å². The summed E-state index contributed by atoms with van der Waals surface area (Å²) in [5.74, 6) is -0.436. The van der Waals surface area contributed by atoms with Crippen LogP contribution in [0.15, 0.2) is 29.1 Å². The first-order chi connectivity index (χ1) is 10.9. The molecule has 23 heavy (non-hydrogen) atoms. The number of carboxylic acids is 1. The van der Waals surface area contributed by atoms with Gasteiger partial charge < -0.3 is 5.11 Å². The molecule has 1 aromatic carbocycles. The fourth-order valence-electron chi connectivity index (χ4n) is 2.58. The second-order valence-electron chi connectivity index (χ2n) is 5.58. The molecule has 6 heteroatoms. The van der Waals surface area contributed by atoms with Gasteiger partial charge in [-0.05, 0) is 31.9 Å². The van der Waals surface area contributed by atoms with Crippen molar-refractivity contribution in [1.82, 2.24) is 9.55 Å². The number of benzene rings is 1. The lowest BCUT2D eigenvalue weighted by Crippen LogP contribution is -2.24. The van der Waals surface area contributed by atoms with Gasteiger partial charge in [-0.2, -0.15) is 0 Å². The van der Waals surface area contributed by atoms with Crippen LogP contribution in [0.3, 0.4) is 0 Å². The molecule has 0 saturated carbocycles. The standard InChI is InChI=1S/C17H16N2O3S/c1-9-4-6-12(7-5-9)8-19-11(3)18-15-13(16(19)20)10(2)14(23-15)17(21)22/h4-7H,8H2,1-3H3,(H,21,22). The Hall–Kier alpha value is -2.47. The van der Waals surface area contributed by atoms with Crippen LogP contribution in [0.25, 0.3) is 10.2 Å². The van der Waals surface area contributed by atoms with Gasteiger partial charge in [0.15, 0.2) is 0 Å². The summed E-state index contributed by atoms with van der Waals surface area (Å²) < 4.78 is 1.60. The number of carbonyl (C=O) groups is 1. The fraction of sp³-hybridized carbons (Fsp3) is 0.235. The molecule has 3 aromatic rings. The van der Waals surface area contributed by atoms with E-state index >= 15 is 0 Å². The highest BCUT2D eigenvalue weighted by Gasteiger charge is 2.20. The van der Waals surface area contributed by atoms with Gasteiger partial charge in [0.05, 0.1) is 11.9 Å². The average molecular weight is 328 g/mol. The van der Waals surface area contributed by atoms with E-state index in [2.05, 4.69) is 4.98 Å². The molecule has 0 radical (unpaired) electrons. The Kier molecular flexibility index (Phi) is 3.77. The highest BCUT2D eigenvalue weighted by Crippen LogP contribution is 2.27. The van der Waals surface area contributed by atoms with E-state index in [1.54, 1.807) is 18.4 Å². The summed E-state index contributed by atoms with van der Waals surface area (Å²) in [4.78, 5) is 29.2. The molecule has 0 saturated heterocycles. The molecule has 3 rings (SSSR count). The van der Waals surface area contributed by atoms with Crippen molar-refractivity contribution in [2.24, 2.45) is 0 Å². The van der Waals surface area contributed by atoms with E-state index < -0.39 is 5.97 Å². The number of rotatable bonds is 3. The summed E-state index contributed by atoms with van der Waals surface area (Å²) in [6, 6.07) is 7.96. The van der Waals surface area contributed by atoms with Gasteiger partial charge in [0, 0.05) is 0 Å². The van der Waals surface area contributed by atoms with E-state index in [0.717, 1.165) is 22.5 Å². The van der Waals surface area contributed by atoms with Gasteiger partial charge in [-0.15, -0.1) is 11.3 Å². The maximum Gasteiger partial charge on any atom is 0.346 e. The number of carboxylic acid groups (broad SMARTS) is 1. The Morgan fingerprint density at radius 1 is 1.22 bits per heavy atom. The van der Waals surface area contributed by atoms with Gasteiger partial charge in [0.25, 0.3) is 5.56 Å². The first kappa shape index (κ1) is 15.4. The number of fused-ring (bicyclic) bond motifs is 1. The molecule has 2 aromatic heterocycles. The van der Waals surface area contributed by atoms with Crippen LogP contribution in [0.2, 0.25) is 0 Å². The van der Waals surface area contributed by atoms with Crippen LogP contribution in [0, 0.1) is 20.8 Å². The Labute approximate surface area is 136 Å². The number of aromatic nitrogens is 2. The maximum atomic E-state index is 12.8. The Bertz CT molecular complexity index is 968. The predicted octanol–water partition coefficient (Wildman–Crippen LogP) is 3.13. The van der Waals surface area contributed by atoms with Gasteiger partial charge in [0.1, 0.15) is 15.5 Å². The van der Waals surface area contributed by atoms with Crippen LogP contribution in [-0.4, -0.2) is 20.6 Å². The molecule has 5 nitrogen and oxygen atoms in total. The monoisotopic (exact) mass is 328 g/mol. The number of hydrogen-bond acceptors (Lipinski definition) is 4. The third-order valence-electron chi connectivity index (χ3n) is 3.90. The van der Waals surface area contributed by atoms with Gasteiger partial charge in [-0.3, -0.25) is 9.36 Å². The zero-order chi connectivity index (χ0) is 16.7. The molecular formula is C17H16N2O3S. The number of thiophene rings is 1. The van der Waals surface area contributed by atoms with Crippen LogP contribution < -0.4 is 5.56 Å². The van der Waals surface area contributed by atoms with Crippen molar-refractivity contribution < 1.29 is 9.90 Å². The molecule has 0 fully saturated rings. The minimum atomic E-state index is -1.02. The van der Waals surface area contributed by atoms with Crippen molar-refractivity contribution in [3.63, 3.8) is 0 Å². The summed E-state index contributed by atoms with van der Waals surface area (Å²) in [6.07, 6.45) is 0. The molecule has 0 aliphatic carbocycles. The number of aryl methyl sites for hydroxylation is 3. The lowest BCUT2D eigenvalue weighted by molar-refractivity contribution is 0.0701. The molecule has 1 N–H and O–H groups in total. The van der Waals surface area contributed by atoms with Crippen LogP contribution in [-0.2, 0) is 6.54 Å². The van der Waals surface area contributed by atoms with Crippen molar-refractivity contribution >= 4 is 27.5 Å². The van der Waals surface area contributed by atoms with Gasteiger partial charge in [-0.1, -0.05) is 29.8 Å². The van der Waals surface area contributed by atoms with Crippen LogP contribution in [0.5, 0.6) is 0 Å². The van der Waals surface area contributed by atoms with Crippen LogP contribution >= 0.6 is 11.3 Å². The van der Waals surface area contributed by atoms with Crippen LogP contribution in [0.4, 0.5) is 0 Å². The Balaban J connectivity index is 2.18. The van der Waals surface area contributed by atoms with E-state index in [4.69, 9.17) is 0 Å². The average Bonchev–Trinajstić information content (AvgIpc) is 2.82. The molecular weight excluding hydrogens is 312 g/mol. The second kappa shape index (κ2) is 5.62. The van der Waals surface area contributed by atoms with Crippen molar-refractivity contribution in [2.45, 2.75) is 27.3 Å². The smallest absolute Gasteiger partial charge is 0.346 e. The van der Waals surface area contributed by atoms with Crippen molar-refractivity contribution in [3.05, 3.63) is 62.0 Å². The Morgan fingerprint density at radius 3 is 2.48 bits per heavy atom. The second-order valence-corrected chi connectivity index (χ2v) is 6.58. The molecule has 0 atom stereocenters. The van der Waals surface area contributed by atoms with E-state index in [1.807, 2.05) is 31.2 Å². The van der Waals surface area contributed by atoms with E-state index in [-0.39, 0.29) is 10.4 Å². The normalized spacial score (nSPS) is 11.1. The topological polar surface area (TPSA) is 72.2 Å². The van der Waals surface area contributed by atoms with Crippen molar-refractivity contribution in [2.75, 3.05) is 0 Å². The zero-order valence-corrected chi connectivity index (χ0v) is 13.9. The third-order valence-corrected chi connectivity index (χ3v) is 5.07. The quantitative estimate of drug-likeness (QED) is 0.802. The minimum absolute atomic E-state index is 0.178. The first-order valence-electron chi connectivity index (χ1n) is 7.18. The lowest BCUT2D eigenvalue weighted by Gasteiger charge is -2.10. The number of aromatic carboxylic acids is 1. The van der Waals surface area contributed by atoms with Gasteiger partial charge >= 0.3 is 5.97 Å². The molecule has 0 aliphatic heterocycles. The summed E-state index contributed by atoms with van der Waals surface area (Å²) in [7, 11) is 0. The number of nitrogens with zero attached hydrogens (tertiary/aromatic N) is 2.